The summed E-state index contributed by atoms with van der Waals surface area (Å²) in [6.45, 7) is 3.83. The fourth-order valence-electron chi connectivity index (χ4n) is 3.86. The molecular formula is C24H26N2O4. The van der Waals surface area contributed by atoms with Gasteiger partial charge >= 0.3 is 5.69 Å². The molecule has 0 saturated heterocycles. The summed E-state index contributed by atoms with van der Waals surface area (Å²) in [4.78, 5) is 26.5. The van der Waals surface area contributed by atoms with Crippen molar-refractivity contribution in [3.63, 3.8) is 0 Å². The van der Waals surface area contributed by atoms with Crippen LogP contribution in [0.3, 0.4) is 0 Å². The van der Waals surface area contributed by atoms with Crippen LogP contribution < -0.4 is 11.2 Å². The fourth-order valence-corrected chi connectivity index (χ4v) is 3.86. The summed E-state index contributed by atoms with van der Waals surface area (Å²) in [5, 5.41) is 0. The number of H-pyrrole nitrogens is 1. The number of nitrogens with zero attached hydrogens (tertiary/aromatic N) is 1. The van der Waals surface area contributed by atoms with Crippen molar-refractivity contribution in [1.29, 1.82) is 0 Å². The Morgan fingerprint density at radius 3 is 1.83 bits per heavy atom. The molecule has 0 amide bonds. The molecule has 6 nitrogen and oxygen atoms in total. The third-order valence-corrected chi connectivity index (χ3v) is 5.60. The lowest BCUT2D eigenvalue weighted by Crippen LogP contribution is -2.31. The lowest BCUT2D eigenvalue weighted by molar-refractivity contribution is 0.0840. The molecule has 3 aromatic rings. The van der Waals surface area contributed by atoms with Gasteiger partial charge in [-0.25, -0.2) is 4.79 Å². The Bertz CT molecular complexity index is 1020. The number of nitrogens with one attached hydrogen (secondary N) is 1. The number of ether oxygens (including phenoxy) is 2. The molecule has 0 aliphatic heterocycles. The zero-order valence-electron chi connectivity index (χ0n) is 17.0. The van der Waals surface area contributed by atoms with Crippen LogP contribution in [-0.2, 0) is 22.7 Å². The predicted molar refractivity (Wildman–Crippen MR) is 114 cm³/mol. The Balaban J connectivity index is 1.42. The molecule has 1 aromatic heterocycles. The molecule has 0 bridgehead atoms. The van der Waals surface area contributed by atoms with E-state index in [4.69, 9.17) is 9.47 Å². The normalized spacial score (nSPS) is 20.2. The summed E-state index contributed by atoms with van der Waals surface area (Å²) in [5.41, 5.74) is 2.03. The van der Waals surface area contributed by atoms with E-state index in [2.05, 4.69) is 4.98 Å². The zero-order valence-corrected chi connectivity index (χ0v) is 17.0. The molecule has 2 aromatic carbocycles. The standard InChI is InChI=1S/C24H26N2O4/c1-17-12-26(24(28)25-23(17)27)22-20(15-29-13-18-8-4-2-5-9-18)21(22)16-30-14-19-10-6-3-7-11-19/h2-12,20-22H,13-16H2,1H3,(H,25,27,28)/t20-,21+,22?. The van der Waals surface area contributed by atoms with E-state index in [-0.39, 0.29) is 29.1 Å². The van der Waals surface area contributed by atoms with Gasteiger partial charge in [0.2, 0.25) is 0 Å². The minimum absolute atomic E-state index is 0.0420. The fraction of sp³-hybridized carbons (Fsp3) is 0.333. The topological polar surface area (TPSA) is 73.3 Å². The highest BCUT2D eigenvalue weighted by molar-refractivity contribution is 5.15. The van der Waals surface area contributed by atoms with E-state index in [1.807, 2.05) is 60.7 Å². The number of aryl methyl sites for hydroxylation is 1. The van der Waals surface area contributed by atoms with Gasteiger partial charge in [0.25, 0.3) is 5.56 Å². The number of benzene rings is 2. The van der Waals surface area contributed by atoms with E-state index >= 15 is 0 Å². The van der Waals surface area contributed by atoms with Crippen molar-refractivity contribution in [3.8, 4) is 0 Å². The molecule has 3 atom stereocenters. The van der Waals surface area contributed by atoms with Crippen molar-refractivity contribution in [2.45, 2.75) is 26.2 Å². The maximum atomic E-state index is 12.4. The van der Waals surface area contributed by atoms with Gasteiger partial charge in [-0.05, 0) is 18.1 Å². The van der Waals surface area contributed by atoms with Crippen molar-refractivity contribution < 1.29 is 9.47 Å². The van der Waals surface area contributed by atoms with Crippen LogP contribution in [0.4, 0.5) is 0 Å². The van der Waals surface area contributed by atoms with E-state index in [0.29, 0.717) is 32.0 Å². The van der Waals surface area contributed by atoms with Crippen molar-refractivity contribution in [2.24, 2.45) is 11.8 Å². The molecule has 4 rings (SSSR count). The molecule has 1 N–H and O–H groups in total. The molecule has 30 heavy (non-hydrogen) atoms. The maximum absolute atomic E-state index is 12.4. The highest BCUT2D eigenvalue weighted by Gasteiger charge is 2.52. The van der Waals surface area contributed by atoms with Gasteiger partial charge in [-0.3, -0.25) is 14.3 Å². The van der Waals surface area contributed by atoms with Gasteiger partial charge in [0, 0.05) is 29.6 Å². The minimum atomic E-state index is -0.380. The van der Waals surface area contributed by atoms with E-state index < -0.39 is 0 Å². The van der Waals surface area contributed by atoms with Crippen LogP contribution in [0.5, 0.6) is 0 Å². The highest BCUT2D eigenvalue weighted by atomic mass is 16.5. The Hall–Kier alpha value is -2.96. The Morgan fingerprint density at radius 1 is 0.833 bits per heavy atom. The highest BCUT2D eigenvalue weighted by Crippen LogP contribution is 2.50. The molecule has 1 heterocycles. The molecule has 0 spiro atoms. The second kappa shape index (κ2) is 9.24. The second-order valence-corrected chi connectivity index (χ2v) is 7.80. The molecule has 6 heteroatoms. The summed E-state index contributed by atoms with van der Waals surface area (Å²) in [7, 11) is 0. The van der Waals surface area contributed by atoms with E-state index in [9.17, 15) is 9.59 Å². The first-order chi connectivity index (χ1) is 14.6. The van der Waals surface area contributed by atoms with Crippen LogP contribution in [0.2, 0.25) is 0 Å². The van der Waals surface area contributed by atoms with Crippen molar-refractivity contribution >= 4 is 0 Å². The Labute approximate surface area is 175 Å². The van der Waals surface area contributed by atoms with Gasteiger partial charge in [0.15, 0.2) is 0 Å². The van der Waals surface area contributed by atoms with E-state index in [1.165, 1.54) is 0 Å². The van der Waals surface area contributed by atoms with Crippen LogP contribution >= 0.6 is 0 Å². The first-order valence-corrected chi connectivity index (χ1v) is 10.2. The van der Waals surface area contributed by atoms with Crippen molar-refractivity contribution in [1.82, 2.24) is 9.55 Å². The van der Waals surface area contributed by atoms with Crippen LogP contribution in [0, 0.1) is 18.8 Å². The van der Waals surface area contributed by atoms with E-state index in [1.54, 1.807) is 17.7 Å². The van der Waals surface area contributed by atoms with Gasteiger partial charge in [0.05, 0.1) is 26.4 Å². The predicted octanol–water partition coefficient (Wildman–Crippen LogP) is 3.07. The molecule has 1 saturated carbocycles. The summed E-state index contributed by atoms with van der Waals surface area (Å²) in [6, 6.07) is 20.0. The quantitative estimate of drug-likeness (QED) is 0.593. The van der Waals surface area contributed by atoms with Gasteiger partial charge < -0.3 is 9.47 Å². The van der Waals surface area contributed by atoms with Gasteiger partial charge in [-0.2, -0.15) is 0 Å². The molecule has 1 unspecified atom stereocenters. The second-order valence-electron chi connectivity index (χ2n) is 7.80. The first-order valence-electron chi connectivity index (χ1n) is 10.2. The zero-order chi connectivity index (χ0) is 20.9. The minimum Gasteiger partial charge on any atom is -0.376 e. The van der Waals surface area contributed by atoms with Crippen LogP contribution in [-0.4, -0.2) is 22.8 Å². The van der Waals surface area contributed by atoms with Crippen LogP contribution in [0.15, 0.2) is 76.4 Å². The summed E-state index contributed by atoms with van der Waals surface area (Å²) in [6.07, 6.45) is 1.65. The van der Waals surface area contributed by atoms with Crippen LogP contribution in [0.25, 0.3) is 0 Å². The third-order valence-electron chi connectivity index (χ3n) is 5.60. The number of hydrogen-bond acceptors (Lipinski definition) is 4. The third kappa shape index (κ3) is 4.78. The lowest BCUT2D eigenvalue weighted by Gasteiger charge is -2.07. The molecule has 1 aliphatic carbocycles. The average molecular weight is 406 g/mol. The molecule has 156 valence electrons. The number of rotatable bonds is 9. The lowest BCUT2D eigenvalue weighted by atomic mass is 10.2. The first kappa shape index (κ1) is 20.3. The van der Waals surface area contributed by atoms with Crippen molar-refractivity contribution in [3.05, 3.63) is 104 Å². The molecular weight excluding hydrogens is 380 g/mol. The maximum Gasteiger partial charge on any atom is 0.328 e. The number of aromatic amines is 1. The van der Waals surface area contributed by atoms with Gasteiger partial charge in [-0.15, -0.1) is 0 Å². The largest absolute Gasteiger partial charge is 0.376 e. The van der Waals surface area contributed by atoms with Gasteiger partial charge in [0.1, 0.15) is 0 Å². The Kier molecular flexibility index (Phi) is 6.26. The molecule has 1 aliphatic rings. The summed E-state index contributed by atoms with van der Waals surface area (Å²) >= 11 is 0. The smallest absolute Gasteiger partial charge is 0.328 e. The van der Waals surface area contributed by atoms with E-state index in [0.717, 1.165) is 11.1 Å². The molecule has 1 fully saturated rings. The SMILES string of the molecule is Cc1cn(C2[C@@H](COCc3ccccc3)[C@H]2COCc2ccccc2)c(=O)[nH]c1=O. The summed E-state index contributed by atoms with van der Waals surface area (Å²) < 4.78 is 13.5. The van der Waals surface area contributed by atoms with Crippen molar-refractivity contribution in [2.75, 3.05) is 13.2 Å². The number of aromatic nitrogens is 2. The van der Waals surface area contributed by atoms with Gasteiger partial charge in [-0.1, -0.05) is 60.7 Å². The number of hydrogen-bond donors (Lipinski definition) is 1. The van der Waals surface area contributed by atoms with Crippen LogP contribution in [0.1, 0.15) is 22.7 Å². The average Bonchev–Trinajstić information content (AvgIpc) is 3.44. The Morgan fingerprint density at radius 2 is 1.33 bits per heavy atom. The summed E-state index contributed by atoms with van der Waals surface area (Å²) in [5.74, 6) is 0.319. The molecule has 0 radical (unpaired) electrons. The monoisotopic (exact) mass is 406 g/mol.